The van der Waals surface area contributed by atoms with Gasteiger partial charge in [0.15, 0.2) is 0 Å². The van der Waals surface area contributed by atoms with Crippen molar-refractivity contribution in [1.29, 1.82) is 0 Å². The fraction of sp³-hybridized carbons (Fsp3) is 0.400. The van der Waals surface area contributed by atoms with Crippen molar-refractivity contribution < 1.29 is 22.6 Å². The Morgan fingerprint density at radius 1 is 1.14 bits per heavy atom. The number of morpholine rings is 1. The van der Waals surface area contributed by atoms with Gasteiger partial charge < -0.3 is 14.2 Å². The first kappa shape index (κ1) is 20.6. The summed E-state index contributed by atoms with van der Waals surface area (Å²) in [6.45, 7) is 3.01. The molecule has 2 aromatic rings. The number of rotatable bonds is 8. The molecule has 0 spiro atoms. The normalized spacial score (nSPS) is 18.0. The van der Waals surface area contributed by atoms with Crippen molar-refractivity contribution in [3.63, 3.8) is 0 Å². The van der Waals surface area contributed by atoms with Crippen LogP contribution < -0.4 is 14.2 Å². The fourth-order valence-corrected chi connectivity index (χ4v) is 4.39. The molecule has 1 aliphatic heterocycles. The first-order valence-corrected chi connectivity index (χ1v) is 10.6. The van der Waals surface area contributed by atoms with Crippen LogP contribution in [0.15, 0.2) is 53.4 Å². The fourth-order valence-electron chi connectivity index (χ4n) is 3.18. The molecule has 1 aliphatic rings. The minimum atomic E-state index is -3.72. The van der Waals surface area contributed by atoms with E-state index in [-0.39, 0.29) is 16.7 Å². The molecule has 2 aromatic carbocycles. The van der Waals surface area contributed by atoms with E-state index in [2.05, 4.69) is 9.62 Å². The van der Waals surface area contributed by atoms with E-state index in [1.54, 1.807) is 12.1 Å². The lowest BCUT2D eigenvalue weighted by atomic mass is 10.1. The van der Waals surface area contributed by atoms with Crippen LogP contribution in [-0.2, 0) is 14.8 Å². The van der Waals surface area contributed by atoms with E-state index >= 15 is 0 Å². The van der Waals surface area contributed by atoms with Crippen LogP contribution in [0.1, 0.15) is 11.7 Å². The predicted octanol–water partition coefficient (Wildman–Crippen LogP) is 2.06. The van der Waals surface area contributed by atoms with E-state index < -0.39 is 10.0 Å². The third kappa shape index (κ3) is 5.02. The number of nitrogens with zero attached hydrogens (tertiary/aromatic N) is 1. The maximum atomic E-state index is 12.7. The van der Waals surface area contributed by atoms with Crippen molar-refractivity contribution in [1.82, 2.24) is 9.62 Å². The third-order valence-corrected chi connectivity index (χ3v) is 6.18. The predicted molar refractivity (Wildman–Crippen MR) is 106 cm³/mol. The molecular weight excluding hydrogens is 380 g/mol. The Hall–Kier alpha value is -2.13. The zero-order valence-electron chi connectivity index (χ0n) is 16.1. The van der Waals surface area contributed by atoms with Crippen molar-refractivity contribution in [2.45, 2.75) is 11.0 Å². The zero-order valence-corrected chi connectivity index (χ0v) is 16.9. The topological polar surface area (TPSA) is 77.1 Å². The monoisotopic (exact) mass is 406 g/mol. The average Bonchev–Trinajstić information content (AvgIpc) is 2.74. The lowest BCUT2D eigenvalue weighted by molar-refractivity contribution is -0.0291. The largest absolute Gasteiger partial charge is 0.497 e. The summed E-state index contributed by atoms with van der Waals surface area (Å²) >= 11 is 0. The summed E-state index contributed by atoms with van der Waals surface area (Å²) in [6.07, 6.45) is 0.00466. The van der Waals surface area contributed by atoms with Gasteiger partial charge in [0.2, 0.25) is 10.0 Å². The molecule has 1 unspecified atom stereocenters. The first-order valence-electron chi connectivity index (χ1n) is 9.14. The maximum Gasteiger partial charge on any atom is 0.244 e. The summed E-state index contributed by atoms with van der Waals surface area (Å²) in [5, 5.41) is 0. The number of sulfonamides is 1. The average molecular weight is 407 g/mol. The number of hydrogen-bond donors (Lipinski definition) is 1. The van der Waals surface area contributed by atoms with Gasteiger partial charge in [0, 0.05) is 32.2 Å². The standard InChI is InChI=1S/C20H26N2O5S/c1-25-17-8-9-18(26-2)20(14-17)28(23,24)21-10-11-22-12-13-27-19(15-22)16-6-4-3-5-7-16/h3-9,14,19,21H,10-13,15H2,1-2H3. The van der Waals surface area contributed by atoms with Crippen LogP contribution in [0.2, 0.25) is 0 Å². The molecule has 3 rings (SSSR count). The molecule has 1 atom stereocenters. The van der Waals surface area contributed by atoms with Gasteiger partial charge in [-0.15, -0.1) is 0 Å². The van der Waals surface area contributed by atoms with Crippen molar-refractivity contribution in [2.24, 2.45) is 0 Å². The van der Waals surface area contributed by atoms with E-state index in [0.29, 0.717) is 25.4 Å². The lowest BCUT2D eigenvalue weighted by Gasteiger charge is -2.33. The molecule has 0 aromatic heterocycles. The van der Waals surface area contributed by atoms with E-state index in [1.165, 1.54) is 20.3 Å². The van der Waals surface area contributed by atoms with Crippen LogP contribution in [0.4, 0.5) is 0 Å². The Labute approximate surface area is 166 Å². The second-order valence-electron chi connectivity index (χ2n) is 6.49. The number of methoxy groups -OCH3 is 2. The summed E-state index contributed by atoms with van der Waals surface area (Å²) in [7, 11) is -0.779. The number of nitrogens with one attached hydrogen (secondary N) is 1. The SMILES string of the molecule is COc1ccc(OC)c(S(=O)(=O)NCCN2CCOC(c3ccccc3)C2)c1. The molecule has 1 N–H and O–H groups in total. The molecule has 0 radical (unpaired) electrons. The Balaban J connectivity index is 1.60. The number of benzene rings is 2. The zero-order chi connectivity index (χ0) is 20.0. The molecule has 1 saturated heterocycles. The van der Waals surface area contributed by atoms with Crippen LogP contribution in [-0.4, -0.2) is 60.3 Å². The van der Waals surface area contributed by atoms with Gasteiger partial charge in [-0.2, -0.15) is 0 Å². The van der Waals surface area contributed by atoms with Gasteiger partial charge in [-0.25, -0.2) is 13.1 Å². The molecule has 7 nitrogen and oxygen atoms in total. The Bertz CT molecular complexity index is 873. The molecule has 0 bridgehead atoms. The van der Waals surface area contributed by atoms with Crippen molar-refractivity contribution in [2.75, 3.05) is 47.0 Å². The van der Waals surface area contributed by atoms with Gasteiger partial charge in [-0.1, -0.05) is 30.3 Å². The highest BCUT2D eigenvalue weighted by molar-refractivity contribution is 7.89. The van der Waals surface area contributed by atoms with Crippen LogP contribution in [0.5, 0.6) is 11.5 Å². The third-order valence-electron chi connectivity index (χ3n) is 4.70. The van der Waals surface area contributed by atoms with Crippen LogP contribution in [0.25, 0.3) is 0 Å². The summed E-state index contributed by atoms with van der Waals surface area (Å²) in [6, 6.07) is 14.8. The van der Waals surface area contributed by atoms with Crippen molar-refractivity contribution in [3.8, 4) is 11.5 Å². The molecule has 0 aliphatic carbocycles. The lowest BCUT2D eigenvalue weighted by Crippen LogP contribution is -2.42. The van der Waals surface area contributed by atoms with E-state index in [9.17, 15) is 8.42 Å². The Kier molecular flexibility index (Phi) is 6.90. The van der Waals surface area contributed by atoms with Gasteiger partial charge in [0.05, 0.1) is 26.9 Å². The van der Waals surface area contributed by atoms with E-state index in [1.807, 2.05) is 30.3 Å². The highest BCUT2D eigenvalue weighted by Gasteiger charge is 2.23. The van der Waals surface area contributed by atoms with Gasteiger partial charge in [-0.3, -0.25) is 4.90 Å². The molecule has 0 amide bonds. The Morgan fingerprint density at radius 3 is 2.64 bits per heavy atom. The van der Waals surface area contributed by atoms with Gasteiger partial charge in [0.1, 0.15) is 16.4 Å². The molecule has 152 valence electrons. The first-order chi connectivity index (χ1) is 13.5. The molecular formula is C20H26N2O5S. The summed E-state index contributed by atoms with van der Waals surface area (Å²) in [5.74, 6) is 0.740. The molecule has 8 heteroatoms. The van der Waals surface area contributed by atoms with Crippen LogP contribution >= 0.6 is 0 Å². The van der Waals surface area contributed by atoms with Gasteiger partial charge in [-0.05, 0) is 17.7 Å². The van der Waals surface area contributed by atoms with E-state index in [0.717, 1.165) is 18.7 Å². The number of ether oxygens (including phenoxy) is 3. The molecule has 0 saturated carbocycles. The van der Waals surface area contributed by atoms with Crippen molar-refractivity contribution in [3.05, 3.63) is 54.1 Å². The molecule has 1 heterocycles. The Morgan fingerprint density at radius 2 is 1.93 bits per heavy atom. The maximum absolute atomic E-state index is 12.7. The smallest absolute Gasteiger partial charge is 0.244 e. The minimum absolute atomic E-state index is 0.00466. The van der Waals surface area contributed by atoms with Crippen molar-refractivity contribution >= 4 is 10.0 Å². The second-order valence-corrected chi connectivity index (χ2v) is 8.22. The van der Waals surface area contributed by atoms with Crippen LogP contribution in [0, 0.1) is 0 Å². The highest BCUT2D eigenvalue weighted by Crippen LogP contribution is 2.28. The summed E-state index contributed by atoms with van der Waals surface area (Å²) in [5.41, 5.74) is 1.13. The number of hydrogen-bond acceptors (Lipinski definition) is 6. The van der Waals surface area contributed by atoms with E-state index in [4.69, 9.17) is 14.2 Å². The summed E-state index contributed by atoms with van der Waals surface area (Å²) < 4.78 is 44.3. The summed E-state index contributed by atoms with van der Waals surface area (Å²) in [4.78, 5) is 2.27. The quantitative estimate of drug-likeness (QED) is 0.723. The molecule has 28 heavy (non-hydrogen) atoms. The van der Waals surface area contributed by atoms with Gasteiger partial charge in [0.25, 0.3) is 0 Å². The highest BCUT2D eigenvalue weighted by atomic mass is 32.2. The molecule has 1 fully saturated rings. The second kappa shape index (κ2) is 9.38. The van der Waals surface area contributed by atoms with Crippen LogP contribution in [0.3, 0.4) is 0 Å². The van der Waals surface area contributed by atoms with Gasteiger partial charge >= 0.3 is 0 Å². The minimum Gasteiger partial charge on any atom is -0.497 e.